The summed E-state index contributed by atoms with van der Waals surface area (Å²) < 4.78 is 12.7. The minimum absolute atomic E-state index is 0. The Morgan fingerprint density at radius 3 is 2.28 bits per heavy atom. The molecule has 0 unspecified atom stereocenters. The van der Waals surface area contributed by atoms with Crippen molar-refractivity contribution in [2.45, 2.75) is 65.1 Å². The summed E-state index contributed by atoms with van der Waals surface area (Å²) in [7, 11) is 5.66. The van der Waals surface area contributed by atoms with Gasteiger partial charge in [-0.3, -0.25) is 24.2 Å². The van der Waals surface area contributed by atoms with Gasteiger partial charge in [-0.1, -0.05) is 49.7 Å². The average molecular weight is 1100 g/mol. The number of piperidine rings is 1. The summed E-state index contributed by atoms with van der Waals surface area (Å²) in [6.07, 6.45) is 4.09. The minimum Gasteiger partial charge on any atom is -0.656 e. The number of rotatable bonds is 8. The van der Waals surface area contributed by atoms with Gasteiger partial charge in [-0.05, 0) is 85.8 Å². The first-order valence-electron chi connectivity index (χ1n) is 24.1. The van der Waals surface area contributed by atoms with Crippen molar-refractivity contribution in [1.29, 1.82) is 0 Å². The van der Waals surface area contributed by atoms with Gasteiger partial charge in [-0.2, -0.15) is 5.10 Å². The number of hydrogen-bond donors (Lipinski definition) is 3. The maximum absolute atomic E-state index is 13.7. The number of likely N-dealkylation sites (N-methyl/N-ethyl adjacent to an activating group) is 1. The zero-order chi connectivity index (χ0) is 47.3. The van der Waals surface area contributed by atoms with Crippen LogP contribution in [-0.4, -0.2) is 120 Å². The second kappa shape index (κ2) is 19.8. The van der Waals surface area contributed by atoms with Gasteiger partial charge in [0, 0.05) is 94.9 Å². The molecule has 5 aromatic carbocycles. The number of aromatic amines is 1. The monoisotopic (exact) mass is 1100 g/mol. The van der Waals surface area contributed by atoms with Crippen molar-refractivity contribution in [3.8, 4) is 28.5 Å². The van der Waals surface area contributed by atoms with E-state index in [4.69, 9.17) is 14.5 Å². The summed E-state index contributed by atoms with van der Waals surface area (Å²) in [6.45, 7) is 11.5. The van der Waals surface area contributed by atoms with Crippen molar-refractivity contribution in [1.82, 2.24) is 29.9 Å². The predicted octanol–water partition coefficient (Wildman–Crippen LogP) is 7.68. The number of quaternary nitrogens is 1. The van der Waals surface area contributed by atoms with Crippen molar-refractivity contribution in [2.24, 2.45) is 0 Å². The van der Waals surface area contributed by atoms with Crippen LogP contribution in [0.4, 0.5) is 5.69 Å². The first-order chi connectivity index (χ1) is 33.1. The zero-order valence-electron chi connectivity index (χ0n) is 40.1. The Labute approximate surface area is 416 Å². The summed E-state index contributed by atoms with van der Waals surface area (Å²) in [6, 6.07) is 26.2. The Morgan fingerprint density at radius 2 is 1.54 bits per heavy atom. The third-order valence-corrected chi connectivity index (χ3v) is 14.6. The smallest absolute Gasteiger partial charge is 0.272 e. The van der Waals surface area contributed by atoms with Crippen LogP contribution >= 0.6 is 0 Å². The number of benzene rings is 5. The molecular weight excluding hydrogens is 1040 g/mol. The van der Waals surface area contributed by atoms with E-state index in [2.05, 4.69) is 68.8 Å². The predicted molar refractivity (Wildman–Crippen MR) is 266 cm³/mol. The molecular formula is C54H60N8O6W. The molecule has 15 heteroatoms. The summed E-state index contributed by atoms with van der Waals surface area (Å²) in [5.41, 5.74) is 10.0. The maximum Gasteiger partial charge on any atom is 0.272 e. The fraction of sp³-hybridized carbons (Fsp3) is 0.370. The molecule has 4 aliphatic heterocycles. The van der Waals surface area contributed by atoms with Crippen LogP contribution in [0.15, 0.2) is 83.7 Å². The fourth-order valence-electron chi connectivity index (χ4n) is 11.0. The van der Waals surface area contributed by atoms with Gasteiger partial charge in [0.25, 0.3) is 17.4 Å². The summed E-state index contributed by atoms with van der Waals surface area (Å²) in [4.78, 5) is 50.4. The number of aliphatic hydroxyl groups is 1. The molecule has 14 nitrogen and oxygen atoms in total. The molecule has 0 atom stereocenters. The Bertz CT molecular complexity index is 3130. The quantitative estimate of drug-likeness (QED) is 0.101. The number of ether oxygens (including phenoxy) is 2. The average Bonchev–Trinajstić information content (AvgIpc) is 4.07. The number of imide groups is 1. The number of methoxy groups -OCH3 is 1. The number of carbonyl (C=O) groups excluding carboxylic acids is 2. The molecule has 69 heavy (non-hydrogen) atoms. The fourth-order valence-corrected chi connectivity index (χ4v) is 11.0. The molecule has 7 aromatic rings. The first-order valence-corrected chi connectivity index (χ1v) is 24.1. The van der Waals surface area contributed by atoms with Gasteiger partial charge >= 0.3 is 0 Å². The van der Waals surface area contributed by atoms with Gasteiger partial charge in [-0.25, -0.2) is 5.10 Å². The van der Waals surface area contributed by atoms with Crippen molar-refractivity contribution in [3.63, 3.8) is 0 Å². The van der Waals surface area contributed by atoms with Crippen molar-refractivity contribution >= 4 is 50.1 Å². The van der Waals surface area contributed by atoms with E-state index in [1.54, 1.807) is 13.2 Å². The van der Waals surface area contributed by atoms with Crippen LogP contribution < -0.4 is 25.3 Å². The Morgan fingerprint density at radius 1 is 0.841 bits per heavy atom. The number of anilines is 1. The van der Waals surface area contributed by atoms with Crippen molar-refractivity contribution in [2.75, 3.05) is 72.5 Å². The molecule has 358 valence electrons. The molecule has 2 fully saturated rings. The molecule has 1 aliphatic carbocycles. The summed E-state index contributed by atoms with van der Waals surface area (Å²) >= 11 is 0. The number of hydrogen-bond acceptors (Lipinski definition) is 10. The van der Waals surface area contributed by atoms with E-state index in [1.807, 2.05) is 57.3 Å². The number of aromatic nitrogens is 3. The third-order valence-electron chi connectivity index (χ3n) is 14.6. The topological polar surface area (TPSA) is 154 Å². The van der Waals surface area contributed by atoms with E-state index >= 15 is 0 Å². The van der Waals surface area contributed by atoms with Crippen LogP contribution in [0.2, 0.25) is 0 Å². The van der Waals surface area contributed by atoms with Crippen LogP contribution in [0.3, 0.4) is 0 Å². The second-order valence-electron chi connectivity index (χ2n) is 18.6. The molecule has 6 heterocycles. The number of H-pyrrole nitrogens is 1. The van der Waals surface area contributed by atoms with Gasteiger partial charge in [0.1, 0.15) is 36.0 Å². The molecule has 2 amide bonds. The first kappa shape index (κ1) is 48.1. The molecule has 0 spiro atoms. The van der Waals surface area contributed by atoms with Crippen LogP contribution in [0.1, 0.15) is 76.1 Å². The number of amides is 2. The molecule has 2 saturated heterocycles. The van der Waals surface area contributed by atoms with E-state index in [1.165, 1.54) is 16.0 Å². The maximum atomic E-state index is 13.7. The number of aryl methyl sites for hydroxylation is 1. The molecule has 0 bridgehead atoms. The van der Waals surface area contributed by atoms with Crippen LogP contribution in [0.25, 0.3) is 43.8 Å². The molecule has 3 N–H and O–H groups in total. The van der Waals surface area contributed by atoms with Crippen LogP contribution in [-0.2, 0) is 47.0 Å². The molecule has 2 aromatic heterocycles. The zero-order valence-corrected chi connectivity index (χ0v) is 43.0. The number of aliphatic hydroxyl groups excluding tert-OH is 1. The van der Waals surface area contributed by atoms with Crippen LogP contribution in [0.5, 0.6) is 17.2 Å². The number of likely N-dealkylation sites (tertiary alicyclic amines) is 1. The Balaban J connectivity index is 0.000000165. The minimum atomic E-state index is -0.222. The number of carbonyl (C=O) groups is 2. The Kier molecular flexibility index (Phi) is 13.8. The second-order valence-corrected chi connectivity index (χ2v) is 18.6. The molecule has 5 aliphatic rings. The van der Waals surface area contributed by atoms with E-state index in [-0.39, 0.29) is 44.5 Å². The van der Waals surface area contributed by atoms with Gasteiger partial charge < -0.3 is 34.3 Å². The third kappa shape index (κ3) is 8.75. The standard InChI is InChI=1S/C28H28N4O3.C24H26N4O3.C2H6.W/c1-29-20-8-5-18(6-9-20)16-32(13-11-21(33)12-14-32)17-19-7-10-24-23(15-19)27-26-22(28(34)31-30-27)3-2-4-25(26)35-24;1-26-9-11-27(12-10-26)13-28-23(29)18-14-5-3-6-15(14)22-20(21(18)24(28)30)19-16(25-22)7-4-8-17(19)31-2;1-2;/h2-10,15,21,29,33H,11-14,16-17H2,1H3;4,7-8H,3,5-6,9-13H2,1-2H3,(H,25,29,30);1-2H3;. The van der Waals surface area contributed by atoms with Crippen molar-refractivity contribution < 1.29 is 49.7 Å². The van der Waals surface area contributed by atoms with E-state index in [0.717, 1.165) is 150 Å². The summed E-state index contributed by atoms with van der Waals surface area (Å²) in [5.74, 6) is 1.76. The van der Waals surface area contributed by atoms with Gasteiger partial charge in [0.05, 0.1) is 54.9 Å². The van der Waals surface area contributed by atoms with Crippen molar-refractivity contribution in [3.05, 3.63) is 123 Å². The number of nitrogens with one attached hydrogen (secondary N) is 2. The van der Waals surface area contributed by atoms with Gasteiger partial charge in [0.15, 0.2) is 0 Å². The van der Waals surface area contributed by atoms with E-state index in [9.17, 15) is 19.5 Å². The van der Waals surface area contributed by atoms with Crippen LogP contribution in [0, 0.1) is 0 Å². The van der Waals surface area contributed by atoms with E-state index < -0.39 is 0 Å². The SMILES string of the molecule is CC.CNc1ccc(C[N+]2(Cc3ccc4c(c3)-c3n[nH]c(=O)c5cccc(c35)O4)CCC(O)CC2)cc1.COc1cccc2[n-]c3c4c(c5c(c3c12)C(=O)N(CN1CCN(C)CC1)C5=O)CCC4.[W]. The molecule has 0 radical (unpaired) electrons. The molecule has 12 rings (SSSR count). The van der Waals surface area contributed by atoms with Gasteiger partial charge in [0.2, 0.25) is 0 Å². The summed E-state index contributed by atoms with van der Waals surface area (Å²) in [5, 5.41) is 23.5. The van der Waals surface area contributed by atoms with E-state index in [0.29, 0.717) is 34.7 Å². The number of piperazine rings is 1. The Hall–Kier alpha value is -5.89. The van der Waals surface area contributed by atoms with Gasteiger partial charge in [-0.15, -0.1) is 11.0 Å². The number of fused-ring (bicyclic) bond motifs is 10. The largest absolute Gasteiger partial charge is 0.656 e. The normalized spacial score (nSPS) is 19.4. The molecule has 0 saturated carbocycles. The number of nitrogens with zero attached hydrogens (tertiary/aromatic N) is 6.